The Morgan fingerprint density at radius 3 is 2.65 bits per heavy atom. The van der Waals surface area contributed by atoms with Crippen LogP contribution < -0.4 is 0 Å². The molecule has 118 valence electrons. The molecule has 0 aliphatic rings. The zero-order chi connectivity index (χ0) is 16.4. The molecule has 0 saturated heterocycles. The fraction of sp³-hybridized carbons (Fsp3) is 0.235. The summed E-state index contributed by atoms with van der Waals surface area (Å²) < 4.78 is 0. The number of aromatic nitrogens is 2. The van der Waals surface area contributed by atoms with E-state index in [2.05, 4.69) is 16.9 Å². The van der Waals surface area contributed by atoms with Crippen LogP contribution in [0, 0.1) is 13.8 Å². The summed E-state index contributed by atoms with van der Waals surface area (Å²) in [4.78, 5) is 22.4. The summed E-state index contributed by atoms with van der Waals surface area (Å²) in [7, 11) is 0. The highest BCUT2D eigenvalue weighted by Crippen LogP contribution is 2.35. The molecule has 1 aromatic carbocycles. The minimum Gasteiger partial charge on any atom is -0.481 e. The van der Waals surface area contributed by atoms with Crippen LogP contribution in [0.1, 0.15) is 21.8 Å². The van der Waals surface area contributed by atoms with Crippen molar-refractivity contribution in [1.82, 2.24) is 9.97 Å². The second kappa shape index (κ2) is 6.68. The Morgan fingerprint density at radius 1 is 1.22 bits per heavy atom. The number of carbonyl (C=O) groups is 1. The largest absolute Gasteiger partial charge is 0.481 e. The molecule has 1 N–H and O–H groups in total. The van der Waals surface area contributed by atoms with Crippen LogP contribution in [0.5, 0.6) is 0 Å². The van der Waals surface area contributed by atoms with Crippen LogP contribution >= 0.6 is 23.1 Å². The van der Waals surface area contributed by atoms with Crippen LogP contribution in [0.25, 0.3) is 10.2 Å². The van der Waals surface area contributed by atoms with Gasteiger partial charge >= 0.3 is 5.97 Å². The van der Waals surface area contributed by atoms with Gasteiger partial charge in [0.15, 0.2) is 0 Å². The zero-order valence-corrected chi connectivity index (χ0v) is 14.5. The summed E-state index contributed by atoms with van der Waals surface area (Å²) in [6, 6.07) is 10.1. The number of rotatable bonds is 5. The molecule has 2 aromatic heterocycles. The summed E-state index contributed by atoms with van der Waals surface area (Å²) in [6.07, 6.45) is 0.646. The van der Waals surface area contributed by atoms with E-state index in [9.17, 15) is 4.79 Å². The molecule has 0 aliphatic carbocycles. The molecule has 0 saturated carbocycles. The van der Waals surface area contributed by atoms with Crippen LogP contribution in [0.3, 0.4) is 0 Å². The normalized spacial score (nSPS) is 11.0. The maximum Gasteiger partial charge on any atom is 0.313 e. The van der Waals surface area contributed by atoms with Gasteiger partial charge in [-0.1, -0.05) is 42.1 Å². The van der Waals surface area contributed by atoms with Crippen molar-refractivity contribution >= 4 is 39.3 Å². The monoisotopic (exact) mass is 344 g/mol. The van der Waals surface area contributed by atoms with Gasteiger partial charge in [0.05, 0.1) is 5.75 Å². The van der Waals surface area contributed by atoms with E-state index in [1.165, 1.54) is 16.6 Å². The SMILES string of the molecule is Cc1sc2nc(Cc3ccccc3)nc(SCC(=O)O)c2c1C. The third-order valence-corrected chi connectivity index (χ3v) is 5.64. The van der Waals surface area contributed by atoms with Crippen LogP contribution in [-0.2, 0) is 11.2 Å². The van der Waals surface area contributed by atoms with Crippen molar-refractivity contribution in [3.63, 3.8) is 0 Å². The van der Waals surface area contributed by atoms with Gasteiger partial charge in [0.25, 0.3) is 0 Å². The highest BCUT2D eigenvalue weighted by Gasteiger charge is 2.16. The van der Waals surface area contributed by atoms with Crippen molar-refractivity contribution in [3.8, 4) is 0 Å². The van der Waals surface area contributed by atoms with Gasteiger partial charge in [0.2, 0.25) is 0 Å². The van der Waals surface area contributed by atoms with E-state index in [4.69, 9.17) is 5.11 Å². The van der Waals surface area contributed by atoms with Crippen molar-refractivity contribution < 1.29 is 9.90 Å². The lowest BCUT2D eigenvalue weighted by atomic mass is 10.1. The first kappa shape index (κ1) is 16.0. The highest BCUT2D eigenvalue weighted by molar-refractivity contribution is 8.00. The number of fused-ring (bicyclic) bond motifs is 1. The van der Waals surface area contributed by atoms with Crippen molar-refractivity contribution in [3.05, 3.63) is 52.2 Å². The lowest BCUT2D eigenvalue weighted by Gasteiger charge is -2.06. The summed E-state index contributed by atoms with van der Waals surface area (Å²) >= 11 is 2.91. The molecule has 0 atom stereocenters. The number of carboxylic acids is 1. The predicted molar refractivity (Wildman–Crippen MR) is 94.5 cm³/mol. The molecule has 3 aromatic rings. The molecule has 0 fully saturated rings. The summed E-state index contributed by atoms with van der Waals surface area (Å²) in [5, 5.41) is 10.7. The number of thioether (sulfide) groups is 1. The minimum atomic E-state index is -0.837. The van der Waals surface area contributed by atoms with Gasteiger partial charge < -0.3 is 5.11 Å². The first-order valence-electron chi connectivity index (χ1n) is 7.19. The molecule has 23 heavy (non-hydrogen) atoms. The van der Waals surface area contributed by atoms with E-state index in [1.807, 2.05) is 37.3 Å². The fourth-order valence-corrected chi connectivity index (χ4v) is 4.28. The third kappa shape index (κ3) is 3.54. The van der Waals surface area contributed by atoms with Crippen LogP contribution in [0.2, 0.25) is 0 Å². The Hall–Kier alpha value is -1.92. The molecule has 0 amide bonds. The molecule has 0 unspecified atom stereocenters. The van der Waals surface area contributed by atoms with Gasteiger partial charge in [-0.2, -0.15) is 0 Å². The number of benzene rings is 1. The van der Waals surface area contributed by atoms with Crippen molar-refractivity contribution in [2.45, 2.75) is 25.3 Å². The predicted octanol–water partition coefficient (Wildman–Crippen LogP) is 4.08. The van der Waals surface area contributed by atoms with Crippen LogP contribution in [0.15, 0.2) is 35.4 Å². The lowest BCUT2D eigenvalue weighted by Crippen LogP contribution is -2.02. The van der Waals surface area contributed by atoms with Gasteiger partial charge in [-0.25, -0.2) is 9.97 Å². The van der Waals surface area contributed by atoms with E-state index in [1.54, 1.807) is 11.3 Å². The zero-order valence-electron chi connectivity index (χ0n) is 12.9. The lowest BCUT2D eigenvalue weighted by molar-refractivity contribution is -0.133. The van der Waals surface area contributed by atoms with E-state index in [-0.39, 0.29) is 5.75 Å². The molecule has 2 heterocycles. The number of hydrogen-bond acceptors (Lipinski definition) is 5. The van der Waals surface area contributed by atoms with Gasteiger partial charge in [0, 0.05) is 16.7 Å². The first-order chi connectivity index (χ1) is 11.0. The van der Waals surface area contributed by atoms with Crippen LogP contribution in [0.4, 0.5) is 0 Å². The average Bonchev–Trinajstić information content (AvgIpc) is 2.81. The quantitative estimate of drug-likeness (QED) is 0.558. The third-order valence-electron chi connectivity index (χ3n) is 3.58. The van der Waals surface area contributed by atoms with Crippen molar-refractivity contribution in [2.75, 3.05) is 5.75 Å². The molecule has 0 aliphatic heterocycles. The Bertz CT molecular complexity index is 860. The number of aliphatic carboxylic acids is 1. The summed E-state index contributed by atoms with van der Waals surface area (Å²) in [5.74, 6) is -0.0978. The average molecular weight is 344 g/mol. The number of thiophene rings is 1. The smallest absolute Gasteiger partial charge is 0.313 e. The van der Waals surface area contributed by atoms with E-state index < -0.39 is 5.97 Å². The molecular weight excluding hydrogens is 328 g/mol. The van der Waals surface area contributed by atoms with Crippen molar-refractivity contribution in [2.24, 2.45) is 0 Å². The Kier molecular flexibility index (Phi) is 4.63. The molecule has 4 nitrogen and oxygen atoms in total. The molecule has 0 radical (unpaired) electrons. The van der Waals surface area contributed by atoms with Gasteiger partial charge in [0.1, 0.15) is 15.7 Å². The molecule has 3 rings (SSSR count). The second-order valence-electron chi connectivity index (χ2n) is 5.25. The number of carboxylic acid groups (broad SMARTS) is 1. The Morgan fingerprint density at radius 2 is 1.96 bits per heavy atom. The molecule has 0 spiro atoms. The van der Waals surface area contributed by atoms with Gasteiger partial charge in [-0.3, -0.25) is 4.79 Å². The van der Waals surface area contributed by atoms with Crippen molar-refractivity contribution in [1.29, 1.82) is 0 Å². The Labute approximate surface area is 142 Å². The molecule has 6 heteroatoms. The first-order valence-corrected chi connectivity index (χ1v) is 9.00. The maximum absolute atomic E-state index is 10.9. The number of hydrogen-bond donors (Lipinski definition) is 1. The minimum absolute atomic E-state index is 0.00518. The fourth-order valence-electron chi connectivity index (χ4n) is 2.35. The molecule has 0 bridgehead atoms. The van der Waals surface area contributed by atoms with Gasteiger partial charge in [-0.05, 0) is 25.0 Å². The Balaban J connectivity index is 2.04. The number of aryl methyl sites for hydroxylation is 2. The standard InChI is InChI=1S/C17H16N2O2S2/c1-10-11(2)23-17-15(10)16(22-9-14(20)21)18-13(19-17)8-12-6-4-3-5-7-12/h3-7H,8-9H2,1-2H3,(H,20,21). The summed E-state index contributed by atoms with van der Waals surface area (Å²) in [6.45, 7) is 4.10. The van der Waals surface area contributed by atoms with Crippen LogP contribution in [-0.4, -0.2) is 26.8 Å². The molecular formula is C17H16N2O2S2. The topological polar surface area (TPSA) is 63.1 Å². The van der Waals surface area contributed by atoms with E-state index in [0.717, 1.165) is 32.2 Å². The number of nitrogens with zero attached hydrogens (tertiary/aromatic N) is 2. The highest BCUT2D eigenvalue weighted by atomic mass is 32.2. The van der Waals surface area contributed by atoms with E-state index in [0.29, 0.717) is 6.42 Å². The van der Waals surface area contributed by atoms with E-state index >= 15 is 0 Å². The second-order valence-corrected chi connectivity index (χ2v) is 7.42. The van der Waals surface area contributed by atoms with Gasteiger partial charge in [-0.15, -0.1) is 11.3 Å². The maximum atomic E-state index is 10.9. The summed E-state index contributed by atoms with van der Waals surface area (Å²) in [5.41, 5.74) is 2.29.